The molecule has 0 spiro atoms. The first-order valence-electron chi connectivity index (χ1n) is 4.22. The summed E-state index contributed by atoms with van der Waals surface area (Å²) in [5.74, 6) is -0.429. The van der Waals surface area contributed by atoms with Gasteiger partial charge in [0.2, 0.25) is 0 Å². The molecule has 0 N–H and O–H groups in total. The zero-order valence-electron chi connectivity index (χ0n) is 6.93. The topological polar surface area (TPSA) is 0 Å². The van der Waals surface area contributed by atoms with Crippen LogP contribution in [0.3, 0.4) is 0 Å². The van der Waals surface area contributed by atoms with Gasteiger partial charge in [-0.05, 0) is 30.5 Å². The molecule has 1 fully saturated rings. The zero-order chi connectivity index (χ0) is 9.47. The van der Waals surface area contributed by atoms with Gasteiger partial charge in [-0.1, -0.05) is 12.1 Å². The predicted molar refractivity (Wildman–Crippen MR) is 43.3 cm³/mol. The molecule has 0 radical (unpaired) electrons. The van der Waals surface area contributed by atoms with Crippen molar-refractivity contribution in [1.82, 2.24) is 0 Å². The SMILES string of the molecule is Fc1ccc([C@]2(F)CC[C@H]2F)cc1. The number of halogens is 3. The Labute approximate surface area is 74.4 Å². The third kappa shape index (κ3) is 1.23. The second-order valence-electron chi connectivity index (χ2n) is 3.38. The average molecular weight is 186 g/mol. The van der Waals surface area contributed by atoms with Gasteiger partial charge in [0.25, 0.3) is 0 Å². The van der Waals surface area contributed by atoms with Gasteiger partial charge in [-0.3, -0.25) is 0 Å². The van der Waals surface area contributed by atoms with Crippen LogP contribution in [0.15, 0.2) is 24.3 Å². The molecule has 0 unspecified atom stereocenters. The van der Waals surface area contributed by atoms with Crippen molar-refractivity contribution in [2.24, 2.45) is 0 Å². The minimum Gasteiger partial charge on any atom is -0.244 e. The van der Waals surface area contributed by atoms with Crippen LogP contribution in [0.2, 0.25) is 0 Å². The first-order valence-corrected chi connectivity index (χ1v) is 4.22. The van der Waals surface area contributed by atoms with Gasteiger partial charge < -0.3 is 0 Å². The van der Waals surface area contributed by atoms with E-state index in [-0.39, 0.29) is 18.4 Å². The number of hydrogen-bond donors (Lipinski definition) is 0. The lowest BCUT2D eigenvalue weighted by molar-refractivity contribution is -0.0429. The maximum atomic E-state index is 13.7. The summed E-state index contributed by atoms with van der Waals surface area (Å²) < 4.78 is 39.0. The van der Waals surface area contributed by atoms with Crippen molar-refractivity contribution >= 4 is 0 Å². The van der Waals surface area contributed by atoms with E-state index in [0.29, 0.717) is 0 Å². The Morgan fingerprint density at radius 3 is 2.23 bits per heavy atom. The molecule has 1 aliphatic carbocycles. The van der Waals surface area contributed by atoms with Gasteiger partial charge in [0.05, 0.1) is 0 Å². The van der Waals surface area contributed by atoms with Crippen LogP contribution in [0.25, 0.3) is 0 Å². The first-order chi connectivity index (χ1) is 6.13. The van der Waals surface area contributed by atoms with E-state index in [4.69, 9.17) is 0 Å². The molecule has 0 saturated heterocycles. The van der Waals surface area contributed by atoms with E-state index in [1.807, 2.05) is 0 Å². The predicted octanol–water partition coefficient (Wildman–Crippen LogP) is 3.12. The Morgan fingerprint density at radius 1 is 1.23 bits per heavy atom. The van der Waals surface area contributed by atoms with Gasteiger partial charge in [0, 0.05) is 0 Å². The lowest BCUT2D eigenvalue weighted by Gasteiger charge is -2.38. The van der Waals surface area contributed by atoms with E-state index >= 15 is 0 Å². The Balaban J connectivity index is 2.30. The van der Waals surface area contributed by atoms with E-state index in [9.17, 15) is 13.2 Å². The second-order valence-corrected chi connectivity index (χ2v) is 3.38. The van der Waals surface area contributed by atoms with Crippen molar-refractivity contribution in [3.8, 4) is 0 Å². The normalized spacial score (nSPS) is 32.7. The summed E-state index contributed by atoms with van der Waals surface area (Å²) in [5.41, 5.74) is -1.62. The van der Waals surface area contributed by atoms with Crippen molar-refractivity contribution < 1.29 is 13.2 Å². The zero-order valence-corrected chi connectivity index (χ0v) is 6.93. The third-order valence-corrected chi connectivity index (χ3v) is 2.58. The Morgan fingerprint density at radius 2 is 1.85 bits per heavy atom. The quantitative estimate of drug-likeness (QED) is 0.632. The van der Waals surface area contributed by atoms with Crippen LogP contribution < -0.4 is 0 Å². The third-order valence-electron chi connectivity index (χ3n) is 2.58. The number of alkyl halides is 2. The molecule has 2 atom stereocenters. The Bertz CT molecular complexity index is 306. The number of benzene rings is 1. The van der Waals surface area contributed by atoms with Crippen LogP contribution in [0.4, 0.5) is 13.2 Å². The molecule has 0 aliphatic heterocycles. The van der Waals surface area contributed by atoms with Crippen LogP contribution in [0, 0.1) is 5.82 Å². The summed E-state index contributed by atoms with van der Waals surface area (Å²) in [6.07, 6.45) is -0.980. The fourth-order valence-corrected chi connectivity index (χ4v) is 1.56. The van der Waals surface area contributed by atoms with Crippen molar-refractivity contribution in [2.75, 3.05) is 0 Å². The maximum absolute atomic E-state index is 13.7. The molecule has 1 aromatic rings. The highest BCUT2D eigenvalue weighted by Gasteiger charge is 2.49. The van der Waals surface area contributed by atoms with Crippen LogP contribution in [0.5, 0.6) is 0 Å². The van der Waals surface area contributed by atoms with E-state index < -0.39 is 17.7 Å². The van der Waals surface area contributed by atoms with Gasteiger partial charge in [-0.15, -0.1) is 0 Å². The largest absolute Gasteiger partial charge is 0.244 e. The van der Waals surface area contributed by atoms with E-state index in [1.165, 1.54) is 12.1 Å². The van der Waals surface area contributed by atoms with Crippen LogP contribution in [0.1, 0.15) is 18.4 Å². The number of rotatable bonds is 1. The molecule has 1 aliphatic rings. The highest BCUT2D eigenvalue weighted by molar-refractivity contribution is 5.27. The van der Waals surface area contributed by atoms with Crippen LogP contribution >= 0.6 is 0 Å². The summed E-state index contributed by atoms with van der Waals surface area (Å²) in [7, 11) is 0. The summed E-state index contributed by atoms with van der Waals surface area (Å²) in [6, 6.07) is 4.92. The maximum Gasteiger partial charge on any atom is 0.167 e. The van der Waals surface area contributed by atoms with Gasteiger partial charge in [0.15, 0.2) is 5.67 Å². The van der Waals surface area contributed by atoms with Crippen molar-refractivity contribution in [2.45, 2.75) is 24.7 Å². The molecule has 3 heteroatoms. The lowest BCUT2D eigenvalue weighted by Crippen LogP contribution is -2.42. The van der Waals surface area contributed by atoms with Gasteiger partial charge >= 0.3 is 0 Å². The summed E-state index contributed by atoms with van der Waals surface area (Å²) in [4.78, 5) is 0. The summed E-state index contributed by atoms with van der Waals surface area (Å²) in [6.45, 7) is 0. The molecule has 0 heterocycles. The smallest absolute Gasteiger partial charge is 0.167 e. The minimum atomic E-state index is -1.87. The van der Waals surface area contributed by atoms with Gasteiger partial charge in [0.1, 0.15) is 12.0 Å². The second kappa shape index (κ2) is 2.76. The van der Waals surface area contributed by atoms with Crippen molar-refractivity contribution in [3.05, 3.63) is 35.6 Å². The standard InChI is InChI=1S/C10H9F3/c11-8-3-1-7(2-4-8)10(13)6-5-9(10)12/h1-4,9H,5-6H2/t9-,10-/m1/s1. The van der Waals surface area contributed by atoms with Crippen molar-refractivity contribution in [1.29, 1.82) is 0 Å². The molecule has 0 bridgehead atoms. The molecule has 1 aromatic carbocycles. The minimum absolute atomic E-state index is 0.194. The molecule has 0 amide bonds. The summed E-state index contributed by atoms with van der Waals surface area (Å²) in [5, 5.41) is 0. The fourth-order valence-electron chi connectivity index (χ4n) is 1.56. The summed E-state index contributed by atoms with van der Waals surface area (Å²) >= 11 is 0. The molecule has 13 heavy (non-hydrogen) atoms. The monoisotopic (exact) mass is 186 g/mol. The lowest BCUT2D eigenvalue weighted by atomic mass is 9.75. The number of hydrogen-bond acceptors (Lipinski definition) is 0. The van der Waals surface area contributed by atoms with Crippen LogP contribution in [-0.4, -0.2) is 6.17 Å². The highest BCUT2D eigenvalue weighted by Crippen LogP contribution is 2.47. The molecule has 2 rings (SSSR count). The van der Waals surface area contributed by atoms with Gasteiger partial charge in [-0.25, -0.2) is 13.2 Å². The molecule has 0 aromatic heterocycles. The van der Waals surface area contributed by atoms with Crippen molar-refractivity contribution in [3.63, 3.8) is 0 Å². The average Bonchev–Trinajstić information content (AvgIpc) is 2.15. The van der Waals surface area contributed by atoms with E-state index in [2.05, 4.69) is 0 Å². The Hall–Kier alpha value is -0.990. The Kier molecular flexibility index (Phi) is 1.82. The molecule has 0 nitrogen and oxygen atoms in total. The molecule has 70 valence electrons. The van der Waals surface area contributed by atoms with E-state index in [0.717, 1.165) is 12.1 Å². The molecular weight excluding hydrogens is 177 g/mol. The van der Waals surface area contributed by atoms with E-state index in [1.54, 1.807) is 0 Å². The van der Waals surface area contributed by atoms with Gasteiger partial charge in [-0.2, -0.15) is 0 Å². The first kappa shape index (κ1) is 8.60. The molecule has 1 saturated carbocycles. The highest BCUT2D eigenvalue weighted by atomic mass is 19.2. The molecular formula is C10H9F3. The van der Waals surface area contributed by atoms with Crippen LogP contribution in [-0.2, 0) is 5.67 Å². The fraction of sp³-hybridized carbons (Fsp3) is 0.400.